The first-order valence-corrected chi connectivity index (χ1v) is 38.4. The summed E-state index contributed by atoms with van der Waals surface area (Å²) >= 11 is 14.3. The van der Waals surface area contributed by atoms with Gasteiger partial charge in [0.25, 0.3) is 0 Å². The number of nitrogens with one attached hydrogen (secondary N) is 8. The van der Waals surface area contributed by atoms with Gasteiger partial charge in [0, 0.05) is 36.8 Å². The third kappa shape index (κ3) is 18.6. The number of phenols is 3. The molecule has 15 bridgehead atoms. The number of hydrogen-bond acceptors (Lipinski definition) is 24. The van der Waals surface area contributed by atoms with E-state index >= 15 is 28.8 Å². The SMILES string of the molecule is CC(C)C[C@H](C(=O)N[C@H]1C(=O)N[C@@H](CC(N)=O)C(=O)N[C@H]2C(=O)N[C@H]3C(=O)N[C@@H](C(=O)N[C@H](C(=O)NC4C5CC6CC(C5)CC4C6)c4cc(O)cc(O)c4-c4cc3ccc4O)[C@H](O)c3ccc(c(Cl)c3)Oc3cc2cc(c3OC2OC(CNC(=O)OC(C)(C)C)C(O)C(O)C2O)Oc2ccc(cc2Cl)[C@H]1O)N(C)C(=O)OC(C)(C)C. The lowest BCUT2D eigenvalue weighted by Crippen LogP contribution is -2.61. The van der Waals surface area contributed by atoms with E-state index in [0.717, 1.165) is 104 Å². The van der Waals surface area contributed by atoms with Gasteiger partial charge in [-0.2, -0.15) is 0 Å². The molecular formula is C79H94Cl2N10O24. The maximum absolute atomic E-state index is 16.3. The summed E-state index contributed by atoms with van der Waals surface area (Å²) in [6.45, 7) is 12.4. The second kappa shape index (κ2) is 33.4. The molecule has 36 heteroatoms. The third-order valence-electron chi connectivity index (χ3n) is 21.4. The predicted octanol–water partition coefficient (Wildman–Crippen LogP) is 4.90. The minimum absolute atomic E-state index is 0.0582. The van der Waals surface area contributed by atoms with Gasteiger partial charge in [-0.15, -0.1) is 0 Å². The topological polar surface area (TPSA) is 513 Å². The highest BCUT2D eigenvalue weighted by atomic mass is 35.5. The monoisotopic (exact) mass is 1640 g/mol. The van der Waals surface area contributed by atoms with Crippen LogP contribution >= 0.6 is 23.2 Å². The number of aromatic hydroxyl groups is 3. The number of aliphatic hydroxyl groups is 5. The van der Waals surface area contributed by atoms with Crippen LogP contribution < -0.4 is 62.5 Å². The summed E-state index contributed by atoms with van der Waals surface area (Å²) in [7, 11) is 1.27. The van der Waals surface area contributed by atoms with E-state index in [4.69, 9.17) is 57.4 Å². The number of ether oxygens (including phenoxy) is 6. The van der Waals surface area contributed by atoms with Crippen LogP contribution in [0.5, 0.6) is 46.0 Å². The van der Waals surface area contributed by atoms with Crippen LogP contribution in [0, 0.1) is 29.6 Å². The van der Waals surface area contributed by atoms with Gasteiger partial charge in [-0.3, -0.25) is 43.3 Å². The zero-order valence-corrected chi connectivity index (χ0v) is 65.6. The zero-order chi connectivity index (χ0) is 83.5. The normalized spacial score (nSPS) is 28.1. The Hall–Kier alpha value is -10.5. The summed E-state index contributed by atoms with van der Waals surface area (Å²) in [4.78, 5) is 150. The zero-order valence-electron chi connectivity index (χ0n) is 64.1. The Kier molecular flexibility index (Phi) is 24.4. The number of hydrogen-bond donors (Lipinski definition) is 17. The van der Waals surface area contributed by atoms with E-state index < -0.39 is 219 Å². The number of nitrogens with two attached hydrogens (primary N) is 1. The van der Waals surface area contributed by atoms with Crippen molar-refractivity contribution in [1.82, 2.24) is 47.4 Å². The first kappa shape index (κ1) is 84.0. The van der Waals surface area contributed by atoms with Gasteiger partial charge in [-0.25, -0.2) is 9.59 Å². The maximum atomic E-state index is 16.3. The highest BCUT2D eigenvalue weighted by Gasteiger charge is 2.51. The van der Waals surface area contributed by atoms with Crippen molar-refractivity contribution in [2.45, 2.75) is 203 Å². The molecule has 618 valence electrons. The first-order valence-electron chi connectivity index (χ1n) is 37.6. The number of nitrogens with zero attached hydrogens (tertiary/aromatic N) is 1. The Morgan fingerprint density at radius 3 is 1.77 bits per heavy atom. The molecule has 0 spiro atoms. The molecule has 6 aliphatic heterocycles. The van der Waals surface area contributed by atoms with E-state index in [0.29, 0.717) is 11.8 Å². The summed E-state index contributed by atoms with van der Waals surface area (Å²) in [5.41, 5.74) is 1.48. The molecule has 5 aromatic rings. The van der Waals surface area contributed by atoms with Crippen molar-refractivity contribution >= 4 is 82.6 Å². The van der Waals surface area contributed by atoms with Crippen LogP contribution in [0.1, 0.15) is 158 Å². The third-order valence-corrected chi connectivity index (χ3v) is 22.0. The van der Waals surface area contributed by atoms with Crippen LogP contribution in [0.25, 0.3) is 11.1 Å². The van der Waals surface area contributed by atoms with Crippen molar-refractivity contribution in [1.29, 1.82) is 0 Å². The second-order valence-electron chi connectivity index (χ2n) is 32.8. The fraction of sp³-hybridized carbons (Fsp3) is 0.494. The molecule has 10 aliphatic rings. The van der Waals surface area contributed by atoms with E-state index in [1.54, 1.807) is 55.4 Å². The van der Waals surface area contributed by atoms with Crippen LogP contribution in [0.3, 0.4) is 0 Å². The number of alkyl carbamates (subject to hydrolysis) is 1. The molecule has 6 heterocycles. The number of carbonyl (C=O) groups is 10. The summed E-state index contributed by atoms with van der Waals surface area (Å²) in [6, 6.07) is -0.666. The van der Waals surface area contributed by atoms with E-state index in [9.17, 15) is 60.0 Å². The summed E-state index contributed by atoms with van der Waals surface area (Å²) in [5.74, 6) is -14.1. The van der Waals surface area contributed by atoms with Gasteiger partial charge in [-0.1, -0.05) is 55.2 Å². The van der Waals surface area contributed by atoms with Crippen molar-refractivity contribution in [3.63, 3.8) is 0 Å². The Bertz CT molecular complexity index is 4640. The number of halogens is 2. The second-order valence-corrected chi connectivity index (χ2v) is 33.6. The molecule has 10 amide bonds. The van der Waals surface area contributed by atoms with Crippen molar-refractivity contribution in [3.05, 3.63) is 117 Å². The van der Waals surface area contributed by atoms with Gasteiger partial charge < -0.3 is 118 Å². The van der Waals surface area contributed by atoms with Gasteiger partial charge >= 0.3 is 12.2 Å². The number of fused-ring (bicyclic) bond motifs is 15. The number of likely N-dealkylation sites (N-methyl/N-ethyl adjacent to an activating group) is 1. The van der Waals surface area contributed by atoms with Crippen LogP contribution in [-0.4, -0.2) is 191 Å². The lowest BCUT2D eigenvalue weighted by atomic mass is 9.54. The van der Waals surface area contributed by atoms with Gasteiger partial charge in [0.15, 0.2) is 11.5 Å². The number of phenolic OH excluding ortho intramolecular Hbond substituents is 3. The molecule has 1 saturated heterocycles. The Labute approximate surface area is 669 Å². The van der Waals surface area contributed by atoms with Crippen LogP contribution in [0.4, 0.5) is 9.59 Å². The number of benzene rings is 5. The smallest absolute Gasteiger partial charge is 0.410 e. The minimum atomic E-state index is -2.37. The molecule has 5 fully saturated rings. The van der Waals surface area contributed by atoms with Crippen molar-refractivity contribution in [3.8, 4) is 57.1 Å². The van der Waals surface area contributed by atoms with E-state index in [1.165, 1.54) is 19.2 Å². The van der Waals surface area contributed by atoms with Crippen LogP contribution in [0.15, 0.2) is 78.9 Å². The van der Waals surface area contributed by atoms with E-state index in [-0.39, 0.29) is 75.1 Å². The van der Waals surface area contributed by atoms with E-state index in [2.05, 4.69) is 42.5 Å². The number of rotatable bonds is 13. The lowest BCUT2D eigenvalue weighted by Gasteiger charge is -2.54. The predicted molar refractivity (Wildman–Crippen MR) is 406 cm³/mol. The van der Waals surface area contributed by atoms with Crippen LogP contribution in [-0.2, 0) is 52.6 Å². The van der Waals surface area contributed by atoms with Crippen molar-refractivity contribution in [2.24, 2.45) is 35.3 Å². The van der Waals surface area contributed by atoms with Gasteiger partial charge in [-0.05, 0) is 192 Å². The largest absolute Gasteiger partial charge is 0.508 e. The molecule has 4 aliphatic carbocycles. The molecule has 5 aromatic carbocycles. The summed E-state index contributed by atoms with van der Waals surface area (Å²) in [5, 5.41) is 115. The molecular weight excluding hydrogens is 1540 g/mol. The average molecular weight is 1640 g/mol. The highest BCUT2D eigenvalue weighted by molar-refractivity contribution is 6.32. The Morgan fingerprint density at radius 1 is 0.617 bits per heavy atom. The van der Waals surface area contributed by atoms with Gasteiger partial charge in [0.05, 0.1) is 16.5 Å². The summed E-state index contributed by atoms with van der Waals surface area (Å²) < 4.78 is 36.8. The standard InChI is InChI=1S/C79H94Cl2N10O24/c1-31(2)16-46(91(9)77(109)115-79(6,7)8)69(102)89-60-62(96)35-11-14-49(43(80)23-35)110-51-25-39-26-52(67(51)113-75-66(100)65(99)64(98)53(112-75)30-83-76(108)114-78(3,4)5)111-50-15-12-36(24-44(50)81)63(97)61-74(107)88-59(72(105)85-56-37-18-32-17-33(20-37)21-38(56)19-32)42-27-40(92)28-48(94)55(42)41-22-34(10-13-47(41)93)57(70(103)90-61)87-71(104)58(39)86-68(101)45(29-54(82)95)84-73(60)106/h10-15,22-28,31-33,37-38,45-46,53,56-66,75,92-94,96-100H,16-21,29-30H2,1-9H3,(H2,82,95)(H,83,108)(H,84,106)(H,85,105)(H,86,101)(H,87,104)(H,88,107)(H,89,102)(H,90,103)/t32?,33?,37?,38?,45-,46+,53?,56?,57+,58+,59-,60+,61+,62+,63+,64?,65?,66?,75?/m0/s1. The molecule has 115 heavy (non-hydrogen) atoms. The maximum Gasteiger partial charge on any atom is 0.410 e. The number of aliphatic hydroxyl groups excluding tert-OH is 5. The van der Waals surface area contributed by atoms with E-state index in [1.807, 2.05) is 0 Å². The van der Waals surface area contributed by atoms with Crippen LogP contribution in [0.2, 0.25) is 10.0 Å². The number of amides is 10. The molecule has 0 aromatic heterocycles. The highest BCUT2D eigenvalue weighted by Crippen LogP contribution is 2.55. The molecule has 4 saturated carbocycles. The quantitative estimate of drug-likeness (QED) is 0.0745. The molecule has 18 N–H and O–H groups in total. The summed E-state index contributed by atoms with van der Waals surface area (Å²) in [6.07, 6.45) is -13.1. The molecule has 15 rings (SSSR count). The lowest BCUT2D eigenvalue weighted by molar-refractivity contribution is -0.270. The minimum Gasteiger partial charge on any atom is -0.508 e. The van der Waals surface area contributed by atoms with Gasteiger partial charge in [0.1, 0.15) is 119 Å². The Balaban J connectivity index is 1.04. The molecule has 14 atom stereocenters. The number of primary amides is 1. The molecule has 0 radical (unpaired) electrons. The number of carbonyl (C=O) groups excluding carboxylic acids is 10. The fourth-order valence-corrected chi connectivity index (χ4v) is 16.6. The van der Waals surface area contributed by atoms with Crippen molar-refractivity contribution < 1.29 is 117 Å². The molecule has 5 unspecified atom stereocenters. The molecule has 34 nitrogen and oxygen atoms in total. The first-order chi connectivity index (χ1) is 54.1. The average Bonchev–Trinajstić information content (AvgIpc) is 0.746. The van der Waals surface area contributed by atoms with Crippen molar-refractivity contribution in [2.75, 3.05) is 13.6 Å². The Morgan fingerprint density at radius 2 is 1.19 bits per heavy atom. The van der Waals surface area contributed by atoms with Gasteiger partial charge in [0.2, 0.25) is 59.3 Å². The fourth-order valence-electron chi connectivity index (χ4n) is 16.2.